The van der Waals surface area contributed by atoms with Crippen LogP contribution in [0.3, 0.4) is 0 Å². The van der Waals surface area contributed by atoms with Crippen LogP contribution in [-0.2, 0) is 4.79 Å². The van der Waals surface area contributed by atoms with Gasteiger partial charge in [0.05, 0.1) is 26.2 Å². The SMILES string of the molecule is CCN(CCC(=O)O)C(=O)c1cc(OC)ccc1OC. The van der Waals surface area contributed by atoms with Crippen molar-refractivity contribution in [2.75, 3.05) is 27.3 Å². The zero-order valence-corrected chi connectivity index (χ0v) is 11.9. The van der Waals surface area contributed by atoms with Gasteiger partial charge in [-0.05, 0) is 25.1 Å². The first kappa shape index (κ1) is 15.8. The monoisotopic (exact) mass is 281 g/mol. The van der Waals surface area contributed by atoms with Crippen molar-refractivity contribution in [1.29, 1.82) is 0 Å². The molecule has 0 fully saturated rings. The average molecular weight is 281 g/mol. The molecule has 0 aliphatic rings. The van der Waals surface area contributed by atoms with Crippen molar-refractivity contribution in [2.24, 2.45) is 0 Å². The second-order valence-corrected chi connectivity index (χ2v) is 4.09. The van der Waals surface area contributed by atoms with Gasteiger partial charge in [-0.2, -0.15) is 0 Å². The first-order valence-electron chi connectivity index (χ1n) is 6.26. The first-order valence-corrected chi connectivity index (χ1v) is 6.26. The fraction of sp³-hybridized carbons (Fsp3) is 0.429. The van der Waals surface area contributed by atoms with Crippen molar-refractivity contribution in [3.8, 4) is 11.5 Å². The summed E-state index contributed by atoms with van der Waals surface area (Å²) < 4.78 is 10.3. The Labute approximate surface area is 117 Å². The number of carbonyl (C=O) groups is 2. The number of carbonyl (C=O) groups excluding carboxylic acids is 1. The molecule has 6 nitrogen and oxygen atoms in total. The minimum absolute atomic E-state index is 0.0914. The molecular weight excluding hydrogens is 262 g/mol. The fourth-order valence-corrected chi connectivity index (χ4v) is 1.79. The summed E-state index contributed by atoms with van der Waals surface area (Å²) in [5.74, 6) is -0.230. The molecule has 0 radical (unpaired) electrons. The maximum atomic E-state index is 12.4. The molecule has 0 aliphatic heterocycles. The van der Waals surface area contributed by atoms with E-state index in [1.165, 1.54) is 19.1 Å². The number of carboxylic acids is 1. The highest BCUT2D eigenvalue weighted by atomic mass is 16.5. The molecule has 1 amide bonds. The highest BCUT2D eigenvalue weighted by Gasteiger charge is 2.19. The van der Waals surface area contributed by atoms with Crippen molar-refractivity contribution in [2.45, 2.75) is 13.3 Å². The smallest absolute Gasteiger partial charge is 0.305 e. The van der Waals surface area contributed by atoms with Crippen molar-refractivity contribution in [3.05, 3.63) is 23.8 Å². The molecule has 0 saturated carbocycles. The molecule has 0 bridgehead atoms. The van der Waals surface area contributed by atoms with E-state index in [0.29, 0.717) is 23.6 Å². The van der Waals surface area contributed by atoms with Gasteiger partial charge < -0.3 is 19.5 Å². The molecule has 0 aromatic heterocycles. The molecular formula is C14H19NO5. The molecule has 0 heterocycles. The molecule has 1 aromatic rings. The molecule has 0 unspecified atom stereocenters. The predicted octanol–water partition coefficient (Wildman–Crippen LogP) is 1.64. The van der Waals surface area contributed by atoms with E-state index in [2.05, 4.69) is 0 Å². The Morgan fingerprint density at radius 1 is 1.25 bits per heavy atom. The van der Waals surface area contributed by atoms with E-state index in [9.17, 15) is 9.59 Å². The molecule has 1 rings (SSSR count). The van der Waals surface area contributed by atoms with E-state index >= 15 is 0 Å². The lowest BCUT2D eigenvalue weighted by Gasteiger charge is -2.21. The molecule has 0 aliphatic carbocycles. The van der Waals surface area contributed by atoms with E-state index in [1.807, 2.05) is 0 Å². The highest BCUT2D eigenvalue weighted by Crippen LogP contribution is 2.25. The Kier molecular flexibility index (Phi) is 5.83. The lowest BCUT2D eigenvalue weighted by Crippen LogP contribution is -2.33. The topological polar surface area (TPSA) is 76.1 Å². The van der Waals surface area contributed by atoms with E-state index in [-0.39, 0.29) is 18.9 Å². The summed E-state index contributed by atoms with van der Waals surface area (Å²) in [5.41, 5.74) is 0.360. The van der Waals surface area contributed by atoms with Crippen LogP contribution >= 0.6 is 0 Å². The van der Waals surface area contributed by atoms with Gasteiger partial charge in [0, 0.05) is 13.1 Å². The summed E-state index contributed by atoms with van der Waals surface area (Å²) >= 11 is 0. The standard InChI is InChI=1S/C14H19NO5/c1-4-15(8-7-13(16)17)14(18)11-9-10(19-2)5-6-12(11)20-3/h5-6,9H,4,7-8H2,1-3H3,(H,16,17). The van der Waals surface area contributed by atoms with E-state index < -0.39 is 5.97 Å². The minimum atomic E-state index is -0.936. The molecule has 1 aromatic carbocycles. The average Bonchev–Trinajstić information content (AvgIpc) is 2.46. The van der Waals surface area contributed by atoms with Crippen LogP contribution in [0.4, 0.5) is 0 Å². The molecule has 6 heteroatoms. The van der Waals surface area contributed by atoms with Crippen LogP contribution in [0.25, 0.3) is 0 Å². The summed E-state index contributed by atoms with van der Waals surface area (Å²) in [6.07, 6.45) is -0.0914. The predicted molar refractivity (Wildman–Crippen MR) is 73.4 cm³/mol. The molecule has 0 saturated heterocycles. The third-order valence-electron chi connectivity index (χ3n) is 2.90. The first-order chi connectivity index (χ1) is 9.53. The number of nitrogens with zero attached hydrogens (tertiary/aromatic N) is 1. The summed E-state index contributed by atoms with van der Waals surface area (Å²) in [6.45, 7) is 2.38. The Morgan fingerprint density at radius 3 is 2.45 bits per heavy atom. The van der Waals surface area contributed by atoms with E-state index in [1.54, 1.807) is 25.1 Å². The molecule has 20 heavy (non-hydrogen) atoms. The number of benzene rings is 1. The lowest BCUT2D eigenvalue weighted by atomic mass is 10.1. The van der Waals surface area contributed by atoms with Crippen LogP contribution in [0.15, 0.2) is 18.2 Å². The second-order valence-electron chi connectivity index (χ2n) is 4.09. The van der Waals surface area contributed by atoms with Crippen molar-refractivity contribution in [3.63, 3.8) is 0 Å². The minimum Gasteiger partial charge on any atom is -0.497 e. The number of methoxy groups -OCH3 is 2. The zero-order chi connectivity index (χ0) is 15.1. The van der Waals surface area contributed by atoms with Gasteiger partial charge in [0.25, 0.3) is 5.91 Å². The number of hydrogen-bond acceptors (Lipinski definition) is 4. The van der Waals surface area contributed by atoms with E-state index in [0.717, 1.165) is 0 Å². The van der Waals surface area contributed by atoms with E-state index in [4.69, 9.17) is 14.6 Å². The molecule has 0 spiro atoms. The number of hydrogen-bond donors (Lipinski definition) is 1. The van der Waals surface area contributed by atoms with Crippen molar-refractivity contribution >= 4 is 11.9 Å². The third-order valence-corrected chi connectivity index (χ3v) is 2.90. The largest absolute Gasteiger partial charge is 0.497 e. The Balaban J connectivity index is 3.00. The van der Waals surface area contributed by atoms with Crippen LogP contribution in [0, 0.1) is 0 Å². The fourth-order valence-electron chi connectivity index (χ4n) is 1.79. The second kappa shape index (κ2) is 7.37. The normalized spacial score (nSPS) is 9.95. The summed E-state index contributed by atoms with van der Waals surface area (Å²) in [5, 5.41) is 8.71. The van der Waals surface area contributed by atoms with Crippen LogP contribution in [0.5, 0.6) is 11.5 Å². The third kappa shape index (κ3) is 3.88. The van der Waals surface area contributed by atoms with Gasteiger partial charge in [-0.1, -0.05) is 0 Å². The van der Waals surface area contributed by atoms with Gasteiger partial charge in [0.1, 0.15) is 11.5 Å². The number of carboxylic acid groups (broad SMARTS) is 1. The number of ether oxygens (including phenoxy) is 2. The van der Waals surface area contributed by atoms with Crippen LogP contribution in [-0.4, -0.2) is 49.2 Å². The summed E-state index contributed by atoms with van der Waals surface area (Å²) in [6, 6.07) is 4.94. The van der Waals surface area contributed by atoms with Crippen molar-refractivity contribution in [1.82, 2.24) is 4.90 Å². The number of aliphatic carboxylic acids is 1. The molecule has 0 atom stereocenters. The van der Waals surface area contributed by atoms with Crippen LogP contribution in [0.2, 0.25) is 0 Å². The van der Waals surface area contributed by atoms with Gasteiger partial charge in [0.15, 0.2) is 0 Å². The molecule has 1 N–H and O–H groups in total. The van der Waals surface area contributed by atoms with Crippen molar-refractivity contribution < 1.29 is 24.2 Å². The van der Waals surface area contributed by atoms with Gasteiger partial charge in [-0.3, -0.25) is 9.59 Å². The molecule has 110 valence electrons. The maximum absolute atomic E-state index is 12.4. The maximum Gasteiger partial charge on any atom is 0.305 e. The van der Waals surface area contributed by atoms with Gasteiger partial charge >= 0.3 is 5.97 Å². The Morgan fingerprint density at radius 2 is 1.95 bits per heavy atom. The van der Waals surface area contributed by atoms with Crippen LogP contribution < -0.4 is 9.47 Å². The van der Waals surface area contributed by atoms with Gasteiger partial charge in [-0.25, -0.2) is 0 Å². The van der Waals surface area contributed by atoms with Gasteiger partial charge in [0.2, 0.25) is 0 Å². The quantitative estimate of drug-likeness (QED) is 0.822. The number of rotatable bonds is 7. The summed E-state index contributed by atoms with van der Waals surface area (Å²) in [7, 11) is 2.99. The summed E-state index contributed by atoms with van der Waals surface area (Å²) in [4.78, 5) is 24.5. The Hall–Kier alpha value is -2.24. The zero-order valence-electron chi connectivity index (χ0n) is 11.9. The van der Waals surface area contributed by atoms with Crippen LogP contribution in [0.1, 0.15) is 23.7 Å². The number of amides is 1. The van der Waals surface area contributed by atoms with Gasteiger partial charge in [-0.15, -0.1) is 0 Å². The lowest BCUT2D eigenvalue weighted by molar-refractivity contribution is -0.137. The highest BCUT2D eigenvalue weighted by molar-refractivity contribution is 5.97. The Bertz CT molecular complexity index is 486.